The van der Waals surface area contributed by atoms with E-state index in [1.807, 2.05) is 60.7 Å². The Hall–Kier alpha value is -5.78. The Balaban J connectivity index is 1.24. The summed E-state index contributed by atoms with van der Waals surface area (Å²) in [6.07, 6.45) is 0. The van der Waals surface area contributed by atoms with Gasteiger partial charge in [0.1, 0.15) is 5.01 Å². The molecule has 0 aliphatic carbocycles. The molecule has 0 N–H and O–H groups in total. The molecule has 0 saturated heterocycles. The van der Waals surface area contributed by atoms with Gasteiger partial charge in [-0.2, -0.15) is 0 Å². The van der Waals surface area contributed by atoms with Gasteiger partial charge in [0.2, 0.25) is 0 Å². The van der Waals surface area contributed by atoms with E-state index in [1.165, 1.54) is 21.5 Å². The van der Waals surface area contributed by atoms with Gasteiger partial charge in [-0.05, 0) is 45.1 Å². The lowest BCUT2D eigenvalue weighted by atomic mass is 9.97. The van der Waals surface area contributed by atoms with E-state index in [4.69, 9.17) is 19.9 Å². The van der Waals surface area contributed by atoms with E-state index in [0.717, 1.165) is 48.3 Å². The minimum Gasteiger partial charge on any atom is -0.236 e. The second-order valence-corrected chi connectivity index (χ2v) is 12.1. The fraction of sp³-hybridized carbons (Fsp3) is 0. The van der Waals surface area contributed by atoms with Crippen molar-refractivity contribution >= 4 is 53.9 Å². The van der Waals surface area contributed by atoms with Crippen molar-refractivity contribution in [2.75, 3.05) is 0 Å². The molecule has 0 saturated carbocycles. The molecular weight excluding hydrogens is 569 g/mol. The molecule has 0 aliphatic heterocycles. The highest BCUT2D eigenvalue weighted by Gasteiger charge is 2.16. The third-order valence-electron chi connectivity index (χ3n) is 8.33. The van der Waals surface area contributed by atoms with Crippen LogP contribution in [0.1, 0.15) is 0 Å². The molecule has 9 rings (SSSR count). The summed E-state index contributed by atoms with van der Waals surface area (Å²) in [6.45, 7) is 0. The van der Waals surface area contributed by atoms with Gasteiger partial charge in [0.05, 0.1) is 10.2 Å². The molecule has 9 aromatic rings. The van der Waals surface area contributed by atoms with Gasteiger partial charge in [-0.1, -0.05) is 127 Å². The van der Waals surface area contributed by atoms with E-state index in [2.05, 4.69) is 84.9 Å². The van der Waals surface area contributed by atoms with E-state index in [-0.39, 0.29) is 0 Å². The van der Waals surface area contributed by atoms with Crippen LogP contribution in [0, 0.1) is 0 Å². The minimum absolute atomic E-state index is 0.645. The normalized spacial score (nSPS) is 11.6. The van der Waals surface area contributed by atoms with Gasteiger partial charge in [0.25, 0.3) is 0 Å². The summed E-state index contributed by atoms with van der Waals surface area (Å²) in [5, 5.41) is 8.25. The third kappa shape index (κ3) is 4.44. The highest BCUT2D eigenvalue weighted by atomic mass is 32.1. The van der Waals surface area contributed by atoms with Crippen LogP contribution >= 0.6 is 11.3 Å². The van der Waals surface area contributed by atoms with Crippen molar-refractivity contribution in [2.45, 2.75) is 0 Å². The van der Waals surface area contributed by atoms with Crippen molar-refractivity contribution in [3.63, 3.8) is 0 Å². The zero-order valence-corrected chi connectivity index (χ0v) is 24.9. The number of nitrogens with zero attached hydrogens (tertiary/aromatic N) is 4. The van der Waals surface area contributed by atoms with E-state index < -0.39 is 0 Å². The van der Waals surface area contributed by atoms with Gasteiger partial charge < -0.3 is 0 Å². The first-order valence-electron chi connectivity index (χ1n) is 14.9. The molecule has 0 bridgehead atoms. The highest BCUT2D eigenvalue weighted by Crippen LogP contribution is 2.41. The Labute approximate surface area is 263 Å². The quantitative estimate of drug-likeness (QED) is 0.191. The number of aromatic nitrogens is 4. The minimum atomic E-state index is 0.645. The van der Waals surface area contributed by atoms with E-state index in [0.29, 0.717) is 17.5 Å². The maximum Gasteiger partial charge on any atom is 0.164 e. The molecule has 7 aromatic carbocycles. The van der Waals surface area contributed by atoms with Gasteiger partial charge in [0.15, 0.2) is 17.5 Å². The number of thiazole rings is 1. The van der Waals surface area contributed by atoms with Crippen LogP contribution in [0.2, 0.25) is 0 Å². The van der Waals surface area contributed by atoms with Crippen LogP contribution < -0.4 is 0 Å². The first-order valence-corrected chi connectivity index (χ1v) is 15.7. The molecule has 0 fully saturated rings. The van der Waals surface area contributed by atoms with Crippen LogP contribution in [0.4, 0.5) is 0 Å². The molecule has 0 unspecified atom stereocenters. The van der Waals surface area contributed by atoms with Crippen LogP contribution in [0.5, 0.6) is 0 Å². The zero-order valence-electron chi connectivity index (χ0n) is 24.1. The van der Waals surface area contributed by atoms with Crippen LogP contribution in [-0.2, 0) is 0 Å². The van der Waals surface area contributed by atoms with E-state index in [1.54, 1.807) is 11.3 Å². The predicted octanol–water partition coefficient (Wildman–Crippen LogP) is 10.6. The van der Waals surface area contributed by atoms with Crippen molar-refractivity contribution < 1.29 is 0 Å². The summed E-state index contributed by atoms with van der Waals surface area (Å²) in [7, 11) is 0. The fourth-order valence-corrected chi connectivity index (χ4v) is 7.25. The summed E-state index contributed by atoms with van der Waals surface area (Å²) in [5.74, 6) is 1.95. The summed E-state index contributed by atoms with van der Waals surface area (Å²) in [5.41, 5.74) is 5.00. The lowest BCUT2D eigenvalue weighted by Crippen LogP contribution is -2.00. The molecule has 210 valence electrons. The number of fused-ring (bicyclic) bond motifs is 6. The predicted molar refractivity (Wildman–Crippen MR) is 187 cm³/mol. The first kappa shape index (κ1) is 25.7. The van der Waals surface area contributed by atoms with Crippen molar-refractivity contribution in [3.8, 4) is 44.7 Å². The average molecular weight is 593 g/mol. The fourth-order valence-electron chi connectivity index (χ4n) is 6.13. The second-order valence-electron chi connectivity index (χ2n) is 11.1. The maximum absolute atomic E-state index is 5.18. The van der Waals surface area contributed by atoms with Crippen LogP contribution in [-0.4, -0.2) is 19.9 Å². The summed E-state index contributed by atoms with van der Waals surface area (Å²) >= 11 is 1.74. The SMILES string of the molecule is c1ccc(-c2nc(-c3ccccc3)nc(-c3ccc4ccc5nc(-c6cc7ccccc7c7ccccc67)sc5c4c3)n2)cc1. The van der Waals surface area contributed by atoms with Crippen LogP contribution in [0.15, 0.2) is 146 Å². The Morgan fingerprint density at radius 3 is 1.67 bits per heavy atom. The van der Waals surface area contributed by atoms with Gasteiger partial charge in [-0.25, -0.2) is 19.9 Å². The molecule has 5 heteroatoms. The van der Waals surface area contributed by atoms with Gasteiger partial charge in [-0.3, -0.25) is 0 Å². The van der Waals surface area contributed by atoms with Crippen molar-refractivity contribution in [3.05, 3.63) is 146 Å². The number of hydrogen-bond acceptors (Lipinski definition) is 5. The Morgan fingerprint density at radius 1 is 0.378 bits per heavy atom. The summed E-state index contributed by atoms with van der Waals surface area (Å²) in [6, 6.07) is 50.4. The standard InChI is InChI=1S/C40H24N4S/c1-3-11-26(12-4-1)37-42-38(27-13-5-2-6-14-27)44-39(43-37)29-20-19-25-21-22-35-36(33(25)24-29)45-40(41-35)34-23-28-15-7-8-16-30(28)31-17-9-10-18-32(31)34/h1-24H. The topological polar surface area (TPSA) is 51.6 Å². The zero-order chi connectivity index (χ0) is 29.7. The lowest BCUT2D eigenvalue weighted by Gasteiger charge is -2.09. The molecule has 4 nitrogen and oxygen atoms in total. The Bertz CT molecular complexity index is 2480. The van der Waals surface area contributed by atoms with Crippen molar-refractivity contribution in [1.29, 1.82) is 0 Å². The second kappa shape index (κ2) is 10.4. The maximum atomic E-state index is 5.18. The number of benzene rings is 7. The molecule has 0 radical (unpaired) electrons. The van der Waals surface area contributed by atoms with Gasteiger partial charge >= 0.3 is 0 Å². The molecule has 0 aliphatic rings. The first-order chi connectivity index (χ1) is 22.3. The average Bonchev–Trinajstić information content (AvgIpc) is 3.57. The van der Waals surface area contributed by atoms with Gasteiger partial charge in [-0.15, -0.1) is 11.3 Å². The largest absolute Gasteiger partial charge is 0.236 e. The Kier molecular flexibility index (Phi) is 5.96. The third-order valence-corrected chi connectivity index (χ3v) is 9.47. The molecule has 45 heavy (non-hydrogen) atoms. The number of rotatable bonds is 4. The molecule has 2 aromatic heterocycles. The van der Waals surface area contributed by atoms with E-state index in [9.17, 15) is 0 Å². The lowest BCUT2D eigenvalue weighted by molar-refractivity contribution is 1.07. The van der Waals surface area contributed by atoms with Crippen molar-refractivity contribution in [1.82, 2.24) is 19.9 Å². The molecule has 0 spiro atoms. The van der Waals surface area contributed by atoms with Crippen LogP contribution in [0.25, 0.3) is 87.3 Å². The smallest absolute Gasteiger partial charge is 0.164 e. The summed E-state index contributed by atoms with van der Waals surface area (Å²) in [4.78, 5) is 20.0. The van der Waals surface area contributed by atoms with Gasteiger partial charge in [0, 0.05) is 27.6 Å². The Morgan fingerprint density at radius 2 is 0.956 bits per heavy atom. The monoisotopic (exact) mass is 592 g/mol. The molecular formula is C40H24N4S. The molecule has 0 atom stereocenters. The highest BCUT2D eigenvalue weighted by molar-refractivity contribution is 7.22. The van der Waals surface area contributed by atoms with Crippen LogP contribution in [0.3, 0.4) is 0 Å². The van der Waals surface area contributed by atoms with Crippen molar-refractivity contribution in [2.24, 2.45) is 0 Å². The summed E-state index contributed by atoms with van der Waals surface area (Å²) < 4.78 is 1.15. The number of hydrogen-bond donors (Lipinski definition) is 0. The molecule has 0 amide bonds. The molecule has 2 heterocycles. The van der Waals surface area contributed by atoms with E-state index >= 15 is 0 Å².